The summed E-state index contributed by atoms with van der Waals surface area (Å²) in [5.74, 6) is 0.961. The summed E-state index contributed by atoms with van der Waals surface area (Å²) in [5.41, 5.74) is 2.39. The lowest BCUT2D eigenvalue weighted by atomic mass is 9.92. The van der Waals surface area contributed by atoms with E-state index in [2.05, 4.69) is 24.5 Å². The normalized spacial score (nSPS) is 15.4. The Balaban J connectivity index is 1.86. The molecule has 2 aromatic rings. The molecule has 3 rings (SSSR count). The van der Waals surface area contributed by atoms with Crippen molar-refractivity contribution < 1.29 is 14.3 Å². The van der Waals surface area contributed by atoms with Crippen LogP contribution in [0.1, 0.15) is 33.3 Å². The van der Waals surface area contributed by atoms with E-state index in [1.54, 1.807) is 23.1 Å². The van der Waals surface area contributed by atoms with Crippen molar-refractivity contribution in [1.82, 2.24) is 0 Å². The van der Waals surface area contributed by atoms with Crippen LogP contribution in [0.5, 0.6) is 5.75 Å². The van der Waals surface area contributed by atoms with E-state index in [0.29, 0.717) is 36.2 Å². The van der Waals surface area contributed by atoms with E-state index >= 15 is 0 Å². The molecule has 1 aliphatic heterocycles. The maximum absolute atomic E-state index is 13.1. The smallest absolute Gasteiger partial charge is 0.323 e. The van der Waals surface area contributed by atoms with Gasteiger partial charge in [-0.15, -0.1) is 0 Å². The van der Waals surface area contributed by atoms with Crippen molar-refractivity contribution in [2.45, 2.75) is 34.6 Å². The van der Waals surface area contributed by atoms with E-state index in [-0.39, 0.29) is 11.9 Å². The number of rotatable bonds is 4. The second kappa shape index (κ2) is 8.15. The summed E-state index contributed by atoms with van der Waals surface area (Å²) in [7, 11) is 0. The standard InChI is InChI=1S/C23H29N3O3/c1-15(2)13-26-19-12-17(10-11-20(19)29-14-23(4,5)21(26)27)24-22(28)25-18-9-7-6-8-16(18)3/h6-12,15H,13-14H2,1-5H3,(H2,24,25,28). The number of carbonyl (C=O) groups excluding carboxylic acids is 2. The molecule has 0 bridgehead atoms. The highest BCUT2D eigenvalue weighted by molar-refractivity contribution is 6.02. The molecule has 0 saturated heterocycles. The summed E-state index contributed by atoms with van der Waals surface area (Å²) in [4.78, 5) is 27.4. The predicted molar refractivity (Wildman–Crippen MR) is 117 cm³/mol. The number of hydrogen-bond donors (Lipinski definition) is 2. The van der Waals surface area contributed by atoms with Crippen LogP contribution in [0.25, 0.3) is 0 Å². The SMILES string of the molecule is Cc1ccccc1NC(=O)Nc1ccc2c(c1)N(CC(C)C)C(=O)C(C)(C)CO2. The van der Waals surface area contributed by atoms with Gasteiger partial charge in [0.25, 0.3) is 0 Å². The molecule has 3 amide bonds. The van der Waals surface area contributed by atoms with Crippen molar-refractivity contribution >= 4 is 29.0 Å². The largest absolute Gasteiger partial charge is 0.490 e. The zero-order valence-electron chi connectivity index (χ0n) is 17.7. The zero-order chi connectivity index (χ0) is 21.2. The van der Waals surface area contributed by atoms with Crippen LogP contribution in [0, 0.1) is 18.3 Å². The Hall–Kier alpha value is -3.02. The molecular formula is C23H29N3O3. The molecule has 1 aliphatic rings. The number of anilines is 3. The average molecular weight is 396 g/mol. The Labute approximate surface area is 172 Å². The van der Waals surface area contributed by atoms with Gasteiger partial charge in [-0.05, 0) is 56.5 Å². The molecule has 29 heavy (non-hydrogen) atoms. The fourth-order valence-electron chi connectivity index (χ4n) is 3.27. The van der Waals surface area contributed by atoms with Gasteiger partial charge in [0.1, 0.15) is 12.4 Å². The van der Waals surface area contributed by atoms with E-state index in [4.69, 9.17) is 4.74 Å². The number of amides is 3. The molecule has 1 heterocycles. The Morgan fingerprint density at radius 2 is 1.90 bits per heavy atom. The second-order valence-corrected chi connectivity index (χ2v) is 8.56. The number of nitrogens with one attached hydrogen (secondary N) is 2. The lowest BCUT2D eigenvalue weighted by molar-refractivity contribution is -0.127. The average Bonchev–Trinajstić information content (AvgIpc) is 2.74. The Morgan fingerprint density at radius 3 is 2.59 bits per heavy atom. The van der Waals surface area contributed by atoms with Crippen LogP contribution >= 0.6 is 0 Å². The second-order valence-electron chi connectivity index (χ2n) is 8.56. The fourth-order valence-corrected chi connectivity index (χ4v) is 3.27. The third-order valence-corrected chi connectivity index (χ3v) is 4.86. The highest BCUT2D eigenvalue weighted by Crippen LogP contribution is 2.38. The monoisotopic (exact) mass is 395 g/mol. The van der Waals surface area contributed by atoms with Gasteiger partial charge >= 0.3 is 6.03 Å². The molecular weight excluding hydrogens is 366 g/mol. The number of nitrogens with zero attached hydrogens (tertiary/aromatic N) is 1. The van der Waals surface area contributed by atoms with E-state index < -0.39 is 5.41 Å². The van der Waals surface area contributed by atoms with Gasteiger partial charge < -0.3 is 20.3 Å². The molecule has 2 aromatic carbocycles. The van der Waals surface area contributed by atoms with Gasteiger partial charge in [0, 0.05) is 17.9 Å². The minimum absolute atomic E-state index is 0.0199. The summed E-state index contributed by atoms with van der Waals surface area (Å²) in [6.45, 7) is 10.8. The first-order chi connectivity index (χ1) is 13.7. The molecule has 6 nitrogen and oxygen atoms in total. The van der Waals surface area contributed by atoms with Crippen LogP contribution in [0.3, 0.4) is 0 Å². The molecule has 2 N–H and O–H groups in total. The van der Waals surface area contributed by atoms with Gasteiger partial charge in [-0.2, -0.15) is 0 Å². The number of benzene rings is 2. The van der Waals surface area contributed by atoms with Gasteiger partial charge in [-0.1, -0.05) is 32.0 Å². The number of hydrogen-bond acceptors (Lipinski definition) is 3. The van der Waals surface area contributed by atoms with Gasteiger partial charge in [0.15, 0.2) is 0 Å². The molecule has 0 spiro atoms. The molecule has 154 valence electrons. The minimum atomic E-state index is -0.621. The molecule has 0 atom stereocenters. The number of ether oxygens (including phenoxy) is 1. The van der Waals surface area contributed by atoms with Crippen LogP contribution in [0.4, 0.5) is 21.9 Å². The van der Waals surface area contributed by atoms with Crippen molar-refractivity contribution in [3.8, 4) is 5.75 Å². The van der Waals surface area contributed by atoms with Crippen LogP contribution in [0.15, 0.2) is 42.5 Å². The summed E-state index contributed by atoms with van der Waals surface area (Å²) in [6, 6.07) is 12.6. The molecule has 0 radical (unpaired) electrons. The number of carbonyl (C=O) groups is 2. The number of aryl methyl sites for hydroxylation is 1. The van der Waals surface area contributed by atoms with Gasteiger partial charge in [-0.25, -0.2) is 4.79 Å². The van der Waals surface area contributed by atoms with Crippen LogP contribution in [-0.4, -0.2) is 25.1 Å². The number of urea groups is 1. The van der Waals surface area contributed by atoms with Crippen molar-refractivity contribution in [1.29, 1.82) is 0 Å². The summed E-state index contributed by atoms with van der Waals surface area (Å²) in [5, 5.41) is 5.71. The van der Waals surface area contributed by atoms with Gasteiger partial charge in [0.05, 0.1) is 11.1 Å². The van der Waals surface area contributed by atoms with Crippen LogP contribution < -0.4 is 20.3 Å². The van der Waals surface area contributed by atoms with Crippen molar-refractivity contribution in [3.05, 3.63) is 48.0 Å². The summed E-state index contributed by atoms with van der Waals surface area (Å²) >= 11 is 0. The maximum Gasteiger partial charge on any atom is 0.323 e. The minimum Gasteiger partial charge on any atom is -0.490 e. The van der Waals surface area contributed by atoms with Crippen molar-refractivity contribution in [3.63, 3.8) is 0 Å². The van der Waals surface area contributed by atoms with Crippen molar-refractivity contribution in [2.75, 3.05) is 28.7 Å². The first-order valence-electron chi connectivity index (χ1n) is 9.90. The molecule has 0 unspecified atom stereocenters. The molecule has 0 fully saturated rings. The van der Waals surface area contributed by atoms with Crippen LogP contribution in [-0.2, 0) is 4.79 Å². The Kier molecular flexibility index (Phi) is 5.82. The maximum atomic E-state index is 13.1. The van der Waals surface area contributed by atoms with E-state index in [1.807, 2.05) is 45.0 Å². The van der Waals surface area contributed by atoms with E-state index in [1.165, 1.54) is 0 Å². The highest BCUT2D eigenvalue weighted by atomic mass is 16.5. The van der Waals surface area contributed by atoms with Crippen LogP contribution in [0.2, 0.25) is 0 Å². The third kappa shape index (κ3) is 4.70. The lowest BCUT2D eigenvalue weighted by Crippen LogP contribution is -2.43. The van der Waals surface area contributed by atoms with E-state index in [9.17, 15) is 9.59 Å². The van der Waals surface area contributed by atoms with Gasteiger partial charge in [0.2, 0.25) is 5.91 Å². The van der Waals surface area contributed by atoms with Gasteiger partial charge in [-0.3, -0.25) is 4.79 Å². The fraction of sp³-hybridized carbons (Fsp3) is 0.391. The topological polar surface area (TPSA) is 70.7 Å². The lowest BCUT2D eigenvalue weighted by Gasteiger charge is -2.29. The molecule has 6 heteroatoms. The van der Waals surface area contributed by atoms with Crippen molar-refractivity contribution in [2.24, 2.45) is 11.3 Å². The number of para-hydroxylation sites is 1. The summed E-state index contributed by atoms with van der Waals surface area (Å²) in [6.07, 6.45) is 0. The Bertz CT molecular complexity index is 921. The highest BCUT2D eigenvalue weighted by Gasteiger charge is 2.38. The first kappa shape index (κ1) is 20.7. The van der Waals surface area contributed by atoms with E-state index in [0.717, 1.165) is 11.3 Å². The summed E-state index contributed by atoms with van der Waals surface area (Å²) < 4.78 is 5.93. The Morgan fingerprint density at radius 1 is 1.17 bits per heavy atom. The zero-order valence-corrected chi connectivity index (χ0v) is 17.7. The molecule has 0 aromatic heterocycles. The quantitative estimate of drug-likeness (QED) is 0.761. The first-order valence-corrected chi connectivity index (χ1v) is 9.90. The molecule has 0 aliphatic carbocycles. The third-order valence-electron chi connectivity index (χ3n) is 4.86. The molecule has 0 saturated carbocycles. The predicted octanol–water partition coefficient (Wildman–Crippen LogP) is 5.05. The number of fused-ring (bicyclic) bond motifs is 1.